The molecule has 6 rings (SSSR count). The summed E-state index contributed by atoms with van der Waals surface area (Å²) in [6.07, 6.45) is -0.422. The first-order chi connectivity index (χ1) is 25.2. The molecule has 5 unspecified atom stereocenters. The fourth-order valence-corrected chi connectivity index (χ4v) is 6.87. The minimum atomic E-state index is -0.897. The molecule has 52 heavy (non-hydrogen) atoms. The quantitative estimate of drug-likeness (QED) is 0.107. The molecule has 0 spiro atoms. The molecule has 8 heteroatoms. The van der Waals surface area contributed by atoms with Crippen molar-refractivity contribution in [1.29, 1.82) is 0 Å². The maximum atomic E-state index is 12.2. The monoisotopic (exact) mass is 700 g/mol. The van der Waals surface area contributed by atoms with Gasteiger partial charge in [-0.3, -0.25) is 14.5 Å². The van der Waals surface area contributed by atoms with Gasteiger partial charge in [-0.25, -0.2) is 0 Å². The lowest BCUT2D eigenvalue weighted by Gasteiger charge is -2.43. The second-order valence-corrected chi connectivity index (χ2v) is 13.9. The van der Waals surface area contributed by atoms with Crippen molar-refractivity contribution in [2.75, 3.05) is 13.6 Å². The number of aliphatic carboxylic acids is 1. The maximum absolute atomic E-state index is 12.2. The van der Waals surface area contributed by atoms with Crippen LogP contribution >= 0.6 is 0 Å². The van der Waals surface area contributed by atoms with E-state index < -0.39 is 12.3 Å². The molecule has 270 valence electrons. The average Bonchev–Trinajstić information content (AvgIpc) is 3.17. The lowest BCUT2D eigenvalue weighted by molar-refractivity contribution is -0.276. The minimum absolute atomic E-state index is 0.00827. The fourth-order valence-electron chi connectivity index (χ4n) is 6.87. The highest BCUT2D eigenvalue weighted by Gasteiger charge is 2.39. The molecule has 5 aromatic rings. The van der Waals surface area contributed by atoms with Crippen LogP contribution in [0.4, 0.5) is 0 Å². The molecule has 5 aromatic carbocycles. The number of amides is 1. The highest BCUT2D eigenvalue weighted by atomic mass is 16.7. The van der Waals surface area contributed by atoms with Gasteiger partial charge in [0.2, 0.25) is 5.91 Å². The zero-order chi connectivity index (χ0) is 36.6. The Morgan fingerprint density at radius 1 is 0.788 bits per heavy atom. The van der Waals surface area contributed by atoms with Crippen molar-refractivity contribution in [2.24, 2.45) is 5.92 Å². The van der Waals surface area contributed by atoms with E-state index in [-0.39, 0.29) is 49.5 Å². The standard InChI is InChI=1S/C44H48N2O6/c1-29-40(27-46(3)30(2)37-23-20-33-9-4-5-10-39(33)25-37)51-44(52-43(29)35-16-14-31(28-47)15-17-35)36-21-18-34(19-22-36)38-11-6-8-32(24-38)26-45-41(48)12-7-13-42(49)50/h4-6,8-11,14-25,29-30,40,43-44,47H,7,12-13,26-28H2,1-3H3,(H,45,48)(H,49,50). The van der Waals surface area contributed by atoms with Crippen molar-refractivity contribution < 1.29 is 29.3 Å². The van der Waals surface area contributed by atoms with Gasteiger partial charge in [-0.15, -0.1) is 0 Å². The molecule has 0 aromatic heterocycles. The summed E-state index contributed by atoms with van der Waals surface area (Å²) >= 11 is 0. The van der Waals surface area contributed by atoms with Gasteiger partial charge in [-0.1, -0.05) is 110 Å². The summed E-state index contributed by atoms with van der Waals surface area (Å²) in [5.74, 6) is -0.999. The van der Waals surface area contributed by atoms with Crippen molar-refractivity contribution in [2.45, 2.75) is 70.8 Å². The van der Waals surface area contributed by atoms with E-state index in [1.165, 1.54) is 16.3 Å². The molecule has 0 bridgehead atoms. The first-order valence-electron chi connectivity index (χ1n) is 18.1. The first kappa shape index (κ1) is 36.9. The Balaban J connectivity index is 1.18. The van der Waals surface area contributed by atoms with Crippen molar-refractivity contribution in [1.82, 2.24) is 10.2 Å². The average molecular weight is 701 g/mol. The number of ether oxygens (including phenoxy) is 2. The number of aliphatic hydroxyl groups excluding tert-OH is 1. The lowest BCUT2D eigenvalue weighted by atomic mass is 9.89. The number of rotatable bonds is 14. The Bertz CT molecular complexity index is 1960. The van der Waals surface area contributed by atoms with Gasteiger partial charge in [-0.05, 0) is 76.7 Å². The molecule has 0 aliphatic carbocycles. The van der Waals surface area contributed by atoms with Crippen LogP contribution in [0.3, 0.4) is 0 Å². The number of carbonyl (C=O) groups excluding carboxylic acids is 1. The molecule has 1 amide bonds. The predicted molar refractivity (Wildman–Crippen MR) is 203 cm³/mol. The van der Waals surface area contributed by atoms with Crippen LogP contribution in [-0.2, 0) is 32.2 Å². The van der Waals surface area contributed by atoms with Crippen LogP contribution in [0.15, 0.2) is 115 Å². The number of carboxylic acids is 1. The Kier molecular flexibility index (Phi) is 12.1. The normalized spacial score (nSPS) is 19.4. The van der Waals surface area contributed by atoms with E-state index >= 15 is 0 Å². The second-order valence-electron chi connectivity index (χ2n) is 13.9. The van der Waals surface area contributed by atoms with Crippen LogP contribution < -0.4 is 5.32 Å². The van der Waals surface area contributed by atoms with Gasteiger partial charge < -0.3 is 25.0 Å². The molecular weight excluding hydrogens is 652 g/mol. The molecule has 5 atom stereocenters. The molecule has 8 nitrogen and oxygen atoms in total. The van der Waals surface area contributed by atoms with Crippen LogP contribution in [0.1, 0.15) is 79.4 Å². The summed E-state index contributed by atoms with van der Waals surface area (Å²) in [4.78, 5) is 25.3. The molecule has 1 aliphatic rings. The van der Waals surface area contributed by atoms with Crippen LogP contribution in [0.2, 0.25) is 0 Å². The highest BCUT2D eigenvalue weighted by Crippen LogP contribution is 2.42. The Hall–Kier alpha value is -4.86. The zero-order valence-corrected chi connectivity index (χ0v) is 30.1. The smallest absolute Gasteiger partial charge is 0.303 e. The highest BCUT2D eigenvalue weighted by molar-refractivity contribution is 5.83. The summed E-state index contributed by atoms with van der Waals surface area (Å²) in [5.41, 5.74) is 7.10. The Morgan fingerprint density at radius 2 is 1.52 bits per heavy atom. The van der Waals surface area contributed by atoms with Gasteiger partial charge in [0.15, 0.2) is 6.29 Å². The van der Waals surface area contributed by atoms with Gasteiger partial charge in [0, 0.05) is 43.5 Å². The maximum Gasteiger partial charge on any atom is 0.303 e. The van der Waals surface area contributed by atoms with Crippen molar-refractivity contribution in [3.05, 3.63) is 143 Å². The summed E-state index contributed by atoms with van der Waals surface area (Å²) in [6, 6.07) is 39.5. The number of nitrogens with one attached hydrogen (secondary N) is 1. The number of hydrogen-bond donors (Lipinski definition) is 3. The van der Waals surface area contributed by atoms with E-state index in [1.807, 2.05) is 42.5 Å². The summed E-state index contributed by atoms with van der Waals surface area (Å²) in [5, 5.41) is 23.8. The number of likely N-dealkylation sites (N-methyl/N-ethyl adjacent to an activating group) is 1. The number of fused-ring (bicyclic) bond motifs is 1. The van der Waals surface area contributed by atoms with Crippen molar-refractivity contribution in [3.63, 3.8) is 0 Å². The fraction of sp³-hybridized carbons (Fsp3) is 0.318. The van der Waals surface area contributed by atoms with E-state index in [0.717, 1.165) is 33.4 Å². The van der Waals surface area contributed by atoms with Gasteiger partial charge in [0.25, 0.3) is 0 Å². The third-order valence-electron chi connectivity index (χ3n) is 10.2. The van der Waals surface area contributed by atoms with Crippen LogP contribution in [0, 0.1) is 5.92 Å². The molecule has 0 saturated carbocycles. The van der Waals surface area contributed by atoms with Crippen LogP contribution in [0.5, 0.6) is 0 Å². The van der Waals surface area contributed by atoms with Crippen molar-refractivity contribution >= 4 is 22.6 Å². The first-order valence-corrected chi connectivity index (χ1v) is 18.1. The molecule has 0 radical (unpaired) electrons. The zero-order valence-electron chi connectivity index (χ0n) is 30.1. The second kappa shape index (κ2) is 17.1. The molecule has 3 N–H and O–H groups in total. The number of aliphatic hydroxyl groups is 1. The van der Waals surface area contributed by atoms with E-state index in [9.17, 15) is 14.7 Å². The topological polar surface area (TPSA) is 108 Å². The van der Waals surface area contributed by atoms with E-state index in [4.69, 9.17) is 14.6 Å². The van der Waals surface area contributed by atoms with Crippen LogP contribution in [0.25, 0.3) is 21.9 Å². The minimum Gasteiger partial charge on any atom is -0.481 e. The van der Waals surface area contributed by atoms with Gasteiger partial charge in [0.1, 0.15) is 0 Å². The summed E-state index contributed by atoms with van der Waals surface area (Å²) in [6.45, 7) is 5.50. The third kappa shape index (κ3) is 9.13. The number of carboxylic acid groups (broad SMARTS) is 1. The summed E-state index contributed by atoms with van der Waals surface area (Å²) in [7, 11) is 2.15. The van der Waals surface area contributed by atoms with Crippen LogP contribution in [-0.4, -0.2) is 46.7 Å². The molecule has 1 heterocycles. The predicted octanol–water partition coefficient (Wildman–Crippen LogP) is 8.35. The van der Waals surface area contributed by atoms with Gasteiger partial charge >= 0.3 is 5.97 Å². The van der Waals surface area contributed by atoms with Gasteiger partial charge in [0.05, 0.1) is 18.8 Å². The van der Waals surface area contributed by atoms with E-state index in [0.29, 0.717) is 19.5 Å². The largest absolute Gasteiger partial charge is 0.481 e. The molecule has 1 fully saturated rings. The number of nitrogens with zero attached hydrogens (tertiary/aromatic N) is 1. The molecule has 1 saturated heterocycles. The lowest BCUT2D eigenvalue weighted by Crippen LogP contribution is -2.44. The van der Waals surface area contributed by atoms with E-state index in [1.54, 1.807) is 0 Å². The van der Waals surface area contributed by atoms with Crippen molar-refractivity contribution in [3.8, 4) is 11.1 Å². The molecule has 1 aliphatic heterocycles. The van der Waals surface area contributed by atoms with Gasteiger partial charge in [-0.2, -0.15) is 0 Å². The summed E-state index contributed by atoms with van der Waals surface area (Å²) < 4.78 is 13.5. The number of hydrogen-bond acceptors (Lipinski definition) is 6. The molecular formula is C44H48N2O6. The van der Waals surface area contributed by atoms with E-state index in [2.05, 4.69) is 104 Å². The Labute approximate surface area is 306 Å². The number of carbonyl (C=O) groups is 2. The third-order valence-corrected chi connectivity index (χ3v) is 10.2. The Morgan fingerprint density at radius 3 is 2.25 bits per heavy atom. The number of benzene rings is 5. The SMILES string of the molecule is CC1C(CN(C)C(C)c2ccc3ccccc3c2)OC(c2ccc(-c3cccc(CNC(=O)CCCC(=O)O)c3)cc2)OC1c1ccc(CO)cc1.